The van der Waals surface area contributed by atoms with E-state index in [4.69, 9.17) is 0 Å². The van der Waals surface area contributed by atoms with Crippen LogP contribution < -0.4 is 0 Å². The highest BCUT2D eigenvalue weighted by Crippen LogP contribution is 2.08. The summed E-state index contributed by atoms with van der Waals surface area (Å²) in [5.41, 5.74) is 1.20. The quantitative estimate of drug-likeness (QED) is 0.539. The molecule has 0 saturated heterocycles. The van der Waals surface area contributed by atoms with E-state index in [1.54, 1.807) is 0 Å². The molecule has 58 valence electrons. The minimum atomic E-state index is 0.456. The third-order valence-electron chi connectivity index (χ3n) is 1.58. The molecule has 0 aromatic heterocycles. The monoisotopic (exact) mass is 139 g/mol. The van der Waals surface area contributed by atoms with Crippen LogP contribution in [0.2, 0.25) is 0 Å². The standard InChI is InChI=1S/C9H17N/c1-6-7-9(8(2)3)10(4)5/h6,9H,1-2,7H2,3-5H3. The van der Waals surface area contributed by atoms with E-state index in [1.165, 1.54) is 5.57 Å². The van der Waals surface area contributed by atoms with E-state index in [0.717, 1.165) is 6.42 Å². The number of nitrogens with zero attached hydrogens (tertiary/aromatic N) is 1. The third-order valence-corrected chi connectivity index (χ3v) is 1.58. The first kappa shape index (κ1) is 9.44. The molecule has 0 aliphatic carbocycles. The van der Waals surface area contributed by atoms with E-state index in [-0.39, 0.29) is 0 Å². The van der Waals surface area contributed by atoms with Crippen LogP contribution in [0.15, 0.2) is 24.8 Å². The van der Waals surface area contributed by atoms with Gasteiger partial charge in [-0.05, 0) is 27.4 Å². The SMILES string of the molecule is C=CCC(C(=C)C)N(C)C. The van der Waals surface area contributed by atoms with E-state index < -0.39 is 0 Å². The van der Waals surface area contributed by atoms with Crippen molar-refractivity contribution >= 4 is 0 Å². The first-order chi connectivity index (χ1) is 4.59. The summed E-state index contributed by atoms with van der Waals surface area (Å²) in [6.45, 7) is 9.65. The zero-order valence-corrected chi connectivity index (χ0v) is 7.22. The Morgan fingerprint density at radius 2 is 2.10 bits per heavy atom. The molecule has 0 aliphatic heterocycles. The predicted molar refractivity (Wildman–Crippen MR) is 47.1 cm³/mol. The van der Waals surface area contributed by atoms with Crippen molar-refractivity contribution in [1.29, 1.82) is 0 Å². The van der Waals surface area contributed by atoms with Gasteiger partial charge in [-0.1, -0.05) is 18.2 Å². The molecular formula is C9H17N. The summed E-state index contributed by atoms with van der Waals surface area (Å²) in [6, 6.07) is 0.456. The molecule has 0 radical (unpaired) electrons. The molecule has 0 aliphatic rings. The summed E-state index contributed by atoms with van der Waals surface area (Å²) in [6.07, 6.45) is 2.92. The van der Waals surface area contributed by atoms with Crippen LogP contribution in [0.4, 0.5) is 0 Å². The summed E-state index contributed by atoms with van der Waals surface area (Å²) in [5.74, 6) is 0. The molecule has 1 nitrogen and oxygen atoms in total. The summed E-state index contributed by atoms with van der Waals surface area (Å²) >= 11 is 0. The molecule has 0 spiro atoms. The van der Waals surface area contributed by atoms with Crippen LogP contribution >= 0.6 is 0 Å². The van der Waals surface area contributed by atoms with Crippen LogP contribution in [0.3, 0.4) is 0 Å². The Balaban J connectivity index is 3.97. The highest BCUT2D eigenvalue weighted by Gasteiger charge is 2.08. The van der Waals surface area contributed by atoms with Gasteiger partial charge in [-0.3, -0.25) is 0 Å². The highest BCUT2D eigenvalue weighted by atomic mass is 15.1. The van der Waals surface area contributed by atoms with Crippen molar-refractivity contribution in [3.8, 4) is 0 Å². The molecule has 0 aromatic rings. The lowest BCUT2D eigenvalue weighted by Gasteiger charge is -2.22. The van der Waals surface area contributed by atoms with Crippen molar-refractivity contribution in [2.24, 2.45) is 0 Å². The van der Waals surface area contributed by atoms with Crippen molar-refractivity contribution in [3.63, 3.8) is 0 Å². The second kappa shape index (κ2) is 4.29. The van der Waals surface area contributed by atoms with Gasteiger partial charge in [0.05, 0.1) is 0 Å². The molecule has 0 fully saturated rings. The van der Waals surface area contributed by atoms with Crippen LogP contribution in [-0.4, -0.2) is 25.0 Å². The number of hydrogen-bond donors (Lipinski definition) is 0. The second-order valence-corrected chi connectivity index (χ2v) is 2.85. The van der Waals surface area contributed by atoms with Gasteiger partial charge in [-0.15, -0.1) is 6.58 Å². The Bertz CT molecular complexity index is 125. The zero-order chi connectivity index (χ0) is 8.15. The fourth-order valence-electron chi connectivity index (χ4n) is 1.01. The topological polar surface area (TPSA) is 3.24 Å². The largest absolute Gasteiger partial charge is 0.302 e. The van der Waals surface area contributed by atoms with Gasteiger partial charge in [0.15, 0.2) is 0 Å². The molecule has 1 atom stereocenters. The van der Waals surface area contributed by atoms with Crippen LogP contribution in [-0.2, 0) is 0 Å². The zero-order valence-electron chi connectivity index (χ0n) is 7.22. The van der Waals surface area contributed by atoms with E-state index in [9.17, 15) is 0 Å². The van der Waals surface area contributed by atoms with Crippen molar-refractivity contribution in [3.05, 3.63) is 24.8 Å². The van der Waals surface area contributed by atoms with Crippen LogP contribution in [0.1, 0.15) is 13.3 Å². The lowest BCUT2D eigenvalue weighted by molar-refractivity contribution is 0.332. The molecule has 0 saturated carbocycles. The number of likely N-dealkylation sites (N-methyl/N-ethyl adjacent to an activating group) is 1. The van der Waals surface area contributed by atoms with Gasteiger partial charge in [0, 0.05) is 6.04 Å². The molecule has 0 rings (SSSR count). The van der Waals surface area contributed by atoms with E-state index in [2.05, 4.69) is 32.2 Å². The average Bonchev–Trinajstić information content (AvgIpc) is 1.81. The maximum Gasteiger partial charge on any atom is 0.0330 e. The van der Waals surface area contributed by atoms with Gasteiger partial charge < -0.3 is 4.90 Å². The second-order valence-electron chi connectivity index (χ2n) is 2.85. The molecule has 0 amide bonds. The Morgan fingerprint density at radius 3 is 2.20 bits per heavy atom. The number of rotatable bonds is 4. The summed E-state index contributed by atoms with van der Waals surface area (Å²) in [7, 11) is 4.12. The van der Waals surface area contributed by atoms with E-state index in [1.807, 2.05) is 13.0 Å². The fourth-order valence-corrected chi connectivity index (χ4v) is 1.01. The van der Waals surface area contributed by atoms with Gasteiger partial charge >= 0.3 is 0 Å². The van der Waals surface area contributed by atoms with Gasteiger partial charge in [-0.25, -0.2) is 0 Å². The third kappa shape index (κ3) is 2.83. The molecule has 0 heterocycles. The maximum absolute atomic E-state index is 3.91. The molecular weight excluding hydrogens is 122 g/mol. The van der Waals surface area contributed by atoms with E-state index >= 15 is 0 Å². The normalized spacial score (nSPS) is 13.2. The minimum Gasteiger partial charge on any atom is -0.302 e. The smallest absolute Gasteiger partial charge is 0.0330 e. The first-order valence-corrected chi connectivity index (χ1v) is 3.52. The van der Waals surface area contributed by atoms with Gasteiger partial charge in [0.25, 0.3) is 0 Å². The van der Waals surface area contributed by atoms with Crippen molar-refractivity contribution in [2.75, 3.05) is 14.1 Å². The van der Waals surface area contributed by atoms with Crippen molar-refractivity contribution < 1.29 is 0 Å². The average molecular weight is 139 g/mol. The Hall–Kier alpha value is -0.560. The summed E-state index contributed by atoms with van der Waals surface area (Å²) < 4.78 is 0. The van der Waals surface area contributed by atoms with Gasteiger partial charge in [0.1, 0.15) is 0 Å². The fraction of sp³-hybridized carbons (Fsp3) is 0.556. The minimum absolute atomic E-state index is 0.456. The van der Waals surface area contributed by atoms with Crippen molar-refractivity contribution in [2.45, 2.75) is 19.4 Å². The van der Waals surface area contributed by atoms with Crippen molar-refractivity contribution in [1.82, 2.24) is 4.90 Å². The van der Waals surface area contributed by atoms with E-state index in [0.29, 0.717) is 6.04 Å². The van der Waals surface area contributed by atoms with Crippen LogP contribution in [0.5, 0.6) is 0 Å². The lowest BCUT2D eigenvalue weighted by atomic mass is 10.1. The van der Waals surface area contributed by atoms with Crippen LogP contribution in [0.25, 0.3) is 0 Å². The number of hydrogen-bond acceptors (Lipinski definition) is 1. The first-order valence-electron chi connectivity index (χ1n) is 3.52. The Labute approximate surface area is 64.0 Å². The molecule has 10 heavy (non-hydrogen) atoms. The van der Waals surface area contributed by atoms with Crippen LogP contribution in [0, 0.1) is 0 Å². The molecule has 0 bridgehead atoms. The maximum atomic E-state index is 3.91. The Kier molecular flexibility index (Phi) is 4.05. The van der Waals surface area contributed by atoms with Gasteiger partial charge in [0.2, 0.25) is 0 Å². The van der Waals surface area contributed by atoms with Gasteiger partial charge in [-0.2, -0.15) is 0 Å². The molecule has 1 unspecified atom stereocenters. The lowest BCUT2D eigenvalue weighted by Crippen LogP contribution is -2.27. The highest BCUT2D eigenvalue weighted by molar-refractivity contribution is 5.03. The predicted octanol–water partition coefficient (Wildman–Crippen LogP) is 2.07. The molecule has 1 heteroatoms. The molecule has 0 aromatic carbocycles. The summed E-state index contributed by atoms with van der Waals surface area (Å²) in [4.78, 5) is 2.16. The Morgan fingerprint density at radius 1 is 1.60 bits per heavy atom. The summed E-state index contributed by atoms with van der Waals surface area (Å²) in [5, 5.41) is 0. The molecule has 0 N–H and O–H groups in total.